The molecule has 0 radical (unpaired) electrons. The van der Waals surface area contributed by atoms with Crippen LogP contribution in [0.25, 0.3) is 5.69 Å². The van der Waals surface area contributed by atoms with Gasteiger partial charge in [-0.1, -0.05) is 17.8 Å². The molecular weight excluding hydrogens is 431 g/mol. The van der Waals surface area contributed by atoms with Gasteiger partial charge < -0.3 is 9.47 Å². The molecule has 3 aromatic rings. The van der Waals surface area contributed by atoms with Gasteiger partial charge in [-0.05, 0) is 56.3 Å². The largest absolute Gasteiger partial charge is 0.497 e. The molecule has 1 unspecified atom stereocenters. The standard InChI is InChI=1S/C21H20F3N3O3S/c1-13(28)14(2)31-20-26-25-19(12-30-18-9-7-17(29-3)8-10-18)27(20)16-6-4-5-15(11-16)21(22,23)24/h4-11,14H,12H2,1-3H3. The van der Waals surface area contributed by atoms with Gasteiger partial charge in [0, 0.05) is 0 Å². The third kappa shape index (κ3) is 5.57. The molecule has 0 fully saturated rings. The van der Waals surface area contributed by atoms with E-state index in [4.69, 9.17) is 9.47 Å². The molecule has 0 amide bonds. The maximum Gasteiger partial charge on any atom is 0.416 e. The van der Waals surface area contributed by atoms with E-state index < -0.39 is 17.0 Å². The number of benzene rings is 2. The predicted molar refractivity (Wildman–Crippen MR) is 110 cm³/mol. The number of aromatic nitrogens is 3. The lowest BCUT2D eigenvalue weighted by Crippen LogP contribution is -2.12. The number of hydrogen-bond donors (Lipinski definition) is 0. The van der Waals surface area contributed by atoms with Crippen molar-refractivity contribution in [1.82, 2.24) is 14.8 Å². The summed E-state index contributed by atoms with van der Waals surface area (Å²) in [5.41, 5.74) is -0.567. The highest BCUT2D eigenvalue weighted by molar-refractivity contribution is 8.00. The zero-order valence-corrected chi connectivity index (χ0v) is 17.8. The fourth-order valence-corrected chi connectivity index (χ4v) is 3.50. The first-order valence-electron chi connectivity index (χ1n) is 9.25. The minimum Gasteiger partial charge on any atom is -0.497 e. The topological polar surface area (TPSA) is 66.2 Å². The Balaban J connectivity index is 1.95. The Morgan fingerprint density at radius 1 is 1.13 bits per heavy atom. The number of halogens is 3. The Morgan fingerprint density at radius 2 is 1.81 bits per heavy atom. The van der Waals surface area contributed by atoms with Crippen LogP contribution in [0.3, 0.4) is 0 Å². The number of carbonyl (C=O) groups excluding carboxylic acids is 1. The third-order valence-corrected chi connectivity index (χ3v) is 5.57. The van der Waals surface area contributed by atoms with E-state index in [-0.39, 0.29) is 18.1 Å². The summed E-state index contributed by atoms with van der Waals surface area (Å²) in [6.07, 6.45) is -4.50. The number of Topliss-reactive ketones (excluding diaryl/α,β-unsaturated/α-hetero) is 1. The molecule has 1 heterocycles. The Bertz CT molecular complexity index is 1050. The molecule has 0 aliphatic heterocycles. The fourth-order valence-electron chi connectivity index (χ4n) is 2.61. The third-order valence-electron chi connectivity index (χ3n) is 4.41. The summed E-state index contributed by atoms with van der Waals surface area (Å²) in [4.78, 5) is 11.7. The van der Waals surface area contributed by atoms with Crippen LogP contribution in [0, 0.1) is 0 Å². The number of rotatable bonds is 8. The van der Waals surface area contributed by atoms with Gasteiger partial charge in [-0.3, -0.25) is 9.36 Å². The van der Waals surface area contributed by atoms with E-state index in [2.05, 4.69) is 10.2 Å². The lowest BCUT2D eigenvalue weighted by Gasteiger charge is -2.14. The van der Waals surface area contributed by atoms with Crippen molar-refractivity contribution >= 4 is 17.5 Å². The molecule has 164 valence electrons. The van der Waals surface area contributed by atoms with E-state index in [0.29, 0.717) is 22.5 Å². The van der Waals surface area contributed by atoms with E-state index >= 15 is 0 Å². The minimum absolute atomic E-state index is 0.0371. The van der Waals surface area contributed by atoms with Gasteiger partial charge in [0.25, 0.3) is 0 Å². The van der Waals surface area contributed by atoms with Crippen molar-refractivity contribution in [2.75, 3.05) is 7.11 Å². The van der Waals surface area contributed by atoms with Gasteiger partial charge in [0.2, 0.25) is 0 Å². The number of ketones is 1. The summed E-state index contributed by atoms with van der Waals surface area (Å²) in [5, 5.41) is 8.04. The zero-order chi connectivity index (χ0) is 22.6. The molecule has 0 N–H and O–H groups in total. The van der Waals surface area contributed by atoms with Gasteiger partial charge in [0.1, 0.15) is 23.9 Å². The number of ether oxygens (including phenoxy) is 2. The van der Waals surface area contributed by atoms with Crippen LogP contribution in [0.1, 0.15) is 25.2 Å². The molecule has 6 nitrogen and oxygen atoms in total. The highest BCUT2D eigenvalue weighted by Crippen LogP contribution is 2.32. The SMILES string of the molecule is COc1ccc(OCc2nnc(SC(C)C(C)=O)n2-c2cccc(C(F)(F)F)c2)cc1. The van der Waals surface area contributed by atoms with Crippen molar-refractivity contribution in [3.8, 4) is 17.2 Å². The van der Waals surface area contributed by atoms with Crippen LogP contribution in [-0.4, -0.2) is 32.9 Å². The maximum atomic E-state index is 13.2. The van der Waals surface area contributed by atoms with E-state index in [1.807, 2.05) is 0 Å². The Kier molecular flexibility index (Phi) is 6.89. The molecule has 2 aromatic carbocycles. The van der Waals surface area contributed by atoms with Crippen LogP contribution >= 0.6 is 11.8 Å². The van der Waals surface area contributed by atoms with Crippen molar-refractivity contribution in [3.05, 3.63) is 59.9 Å². The van der Waals surface area contributed by atoms with Gasteiger partial charge in [-0.15, -0.1) is 10.2 Å². The maximum absolute atomic E-state index is 13.2. The smallest absolute Gasteiger partial charge is 0.416 e. The number of methoxy groups -OCH3 is 1. The summed E-state index contributed by atoms with van der Waals surface area (Å²) in [5.74, 6) is 1.41. The number of carbonyl (C=O) groups is 1. The first-order valence-corrected chi connectivity index (χ1v) is 10.1. The van der Waals surface area contributed by atoms with Crippen molar-refractivity contribution in [2.24, 2.45) is 0 Å². The first kappa shape index (κ1) is 22.7. The summed E-state index contributed by atoms with van der Waals surface area (Å²) in [7, 11) is 1.55. The normalized spacial score (nSPS) is 12.5. The molecule has 0 saturated heterocycles. The van der Waals surface area contributed by atoms with Crippen LogP contribution in [0.15, 0.2) is 53.7 Å². The van der Waals surface area contributed by atoms with E-state index in [0.717, 1.165) is 23.9 Å². The van der Waals surface area contributed by atoms with Gasteiger partial charge in [0.05, 0.1) is 23.6 Å². The molecule has 31 heavy (non-hydrogen) atoms. The van der Waals surface area contributed by atoms with E-state index in [1.165, 1.54) is 23.6 Å². The number of thioether (sulfide) groups is 1. The lowest BCUT2D eigenvalue weighted by molar-refractivity contribution is -0.137. The Labute approximate surface area is 181 Å². The minimum atomic E-state index is -4.50. The highest BCUT2D eigenvalue weighted by atomic mass is 32.2. The van der Waals surface area contributed by atoms with Gasteiger partial charge in [0.15, 0.2) is 11.0 Å². The molecule has 3 rings (SSSR count). The molecule has 0 spiro atoms. The van der Waals surface area contributed by atoms with Crippen LogP contribution < -0.4 is 9.47 Å². The number of alkyl halides is 3. The summed E-state index contributed by atoms with van der Waals surface area (Å²) < 4.78 is 52.0. The summed E-state index contributed by atoms with van der Waals surface area (Å²) in [6.45, 7) is 3.10. The number of nitrogens with zero attached hydrogens (tertiary/aromatic N) is 3. The summed E-state index contributed by atoms with van der Waals surface area (Å²) >= 11 is 1.12. The molecule has 10 heteroatoms. The van der Waals surface area contributed by atoms with Crippen molar-refractivity contribution < 1.29 is 27.4 Å². The molecule has 1 atom stereocenters. The molecule has 0 saturated carbocycles. The summed E-state index contributed by atoms with van der Waals surface area (Å²) in [6, 6.07) is 11.7. The molecule has 0 aliphatic rings. The van der Waals surface area contributed by atoms with Crippen LogP contribution in [0.2, 0.25) is 0 Å². The average Bonchev–Trinajstić information content (AvgIpc) is 3.14. The van der Waals surface area contributed by atoms with Gasteiger partial charge in [-0.2, -0.15) is 13.2 Å². The second-order valence-electron chi connectivity index (χ2n) is 6.62. The Hall–Kier alpha value is -3.01. The Morgan fingerprint density at radius 3 is 2.42 bits per heavy atom. The quantitative estimate of drug-likeness (QED) is 0.452. The van der Waals surface area contributed by atoms with Crippen LogP contribution in [0.5, 0.6) is 11.5 Å². The monoisotopic (exact) mass is 451 g/mol. The van der Waals surface area contributed by atoms with Crippen molar-refractivity contribution in [3.63, 3.8) is 0 Å². The predicted octanol–water partition coefficient (Wildman–Crippen LogP) is 4.94. The number of hydrogen-bond acceptors (Lipinski definition) is 6. The van der Waals surface area contributed by atoms with Gasteiger partial charge in [-0.25, -0.2) is 0 Å². The van der Waals surface area contributed by atoms with Crippen molar-refractivity contribution in [2.45, 2.75) is 37.0 Å². The average molecular weight is 451 g/mol. The lowest BCUT2D eigenvalue weighted by atomic mass is 10.2. The first-order chi connectivity index (χ1) is 14.7. The van der Waals surface area contributed by atoms with Gasteiger partial charge >= 0.3 is 6.18 Å². The van der Waals surface area contributed by atoms with E-state index in [1.54, 1.807) is 38.3 Å². The van der Waals surface area contributed by atoms with Crippen LogP contribution in [-0.2, 0) is 17.6 Å². The molecule has 1 aromatic heterocycles. The molecular formula is C21H20F3N3O3S. The second kappa shape index (κ2) is 9.42. The highest BCUT2D eigenvalue weighted by Gasteiger charge is 2.31. The van der Waals surface area contributed by atoms with E-state index in [9.17, 15) is 18.0 Å². The molecule has 0 bridgehead atoms. The van der Waals surface area contributed by atoms with Crippen molar-refractivity contribution in [1.29, 1.82) is 0 Å². The second-order valence-corrected chi connectivity index (χ2v) is 7.93. The fraction of sp³-hybridized carbons (Fsp3) is 0.286. The van der Waals surface area contributed by atoms with Crippen LogP contribution in [0.4, 0.5) is 13.2 Å². The zero-order valence-electron chi connectivity index (χ0n) is 17.0. The molecule has 0 aliphatic carbocycles.